The number of piperidine rings is 1. The Morgan fingerprint density at radius 1 is 1.38 bits per heavy atom. The first-order chi connectivity index (χ1) is 10.2. The van der Waals surface area contributed by atoms with E-state index in [4.69, 9.17) is 0 Å². The van der Waals surface area contributed by atoms with Crippen molar-refractivity contribution in [1.82, 2.24) is 15.5 Å². The molecule has 21 heavy (non-hydrogen) atoms. The van der Waals surface area contributed by atoms with E-state index in [0.29, 0.717) is 0 Å². The number of hydrogen-bond donors (Lipinski definition) is 2. The molecule has 2 heterocycles. The first-order valence-corrected chi connectivity index (χ1v) is 8.95. The summed E-state index contributed by atoms with van der Waals surface area (Å²) in [5, 5.41) is 6.62. The highest BCUT2D eigenvalue weighted by Gasteiger charge is 2.39. The van der Waals surface area contributed by atoms with Gasteiger partial charge in [-0.2, -0.15) is 0 Å². The number of hydrogen-bond acceptors (Lipinski definition) is 3. The molecule has 1 amide bonds. The predicted octanol–water partition coefficient (Wildman–Crippen LogP) is 2.29. The van der Waals surface area contributed by atoms with Crippen molar-refractivity contribution in [1.29, 1.82) is 0 Å². The lowest BCUT2D eigenvalue weighted by molar-refractivity contribution is -0.127. The minimum absolute atomic E-state index is 0.230. The van der Waals surface area contributed by atoms with Crippen molar-refractivity contribution in [3.05, 3.63) is 0 Å². The molecule has 2 N–H and O–H groups in total. The zero-order valence-corrected chi connectivity index (χ0v) is 13.9. The maximum Gasteiger partial charge on any atom is 0.240 e. The van der Waals surface area contributed by atoms with Crippen molar-refractivity contribution < 1.29 is 4.79 Å². The van der Waals surface area contributed by atoms with E-state index in [1.165, 1.54) is 25.8 Å². The molecule has 2 fully saturated rings. The van der Waals surface area contributed by atoms with Crippen molar-refractivity contribution in [3.63, 3.8) is 0 Å². The standard InChI is InChI=1S/C17H33N3O/c1-3-9-17(10-6-12-19-17)16(21)18-11-7-14-20-13-5-4-8-15(20)2/h15,19H,3-14H2,1-2H3,(H,18,21). The van der Waals surface area contributed by atoms with Crippen LogP contribution in [0.2, 0.25) is 0 Å². The number of nitrogens with one attached hydrogen (secondary N) is 2. The van der Waals surface area contributed by atoms with Crippen LogP contribution in [0, 0.1) is 0 Å². The molecule has 4 heteroatoms. The number of carbonyl (C=O) groups is 1. The molecule has 2 aliphatic heterocycles. The van der Waals surface area contributed by atoms with Gasteiger partial charge in [0.05, 0.1) is 5.54 Å². The van der Waals surface area contributed by atoms with Gasteiger partial charge in [0.2, 0.25) is 5.91 Å². The molecule has 0 aromatic carbocycles. The summed E-state index contributed by atoms with van der Waals surface area (Å²) < 4.78 is 0. The second-order valence-corrected chi connectivity index (χ2v) is 6.85. The Bertz CT molecular complexity index is 326. The van der Waals surface area contributed by atoms with Gasteiger partial charge in [0, 0.05) is 19.1 Å². The highest BCUT2D eigenvalue weighted by atomic mass is 16.2. The number of rotatable bonds is 7. The molecule has 0 radical (unpaired) electrons. The average Bonchev–Trinajstić information content (AvgIpc) is 2.95. The van der Waals surface area contributed by atoms with Crippen LogP contribution >= 0.6 is 0 Å². The van der Waals surface area contributed by atoms with Crippen LogP contribution in [-0.2, 0) is 4.79 Å². The summed E-state index contributed by atoms with van der Waals surface area (Å²) in [7, 11) is 0. The lowest BCUT2D eigenvalue weighted by Gasteiger charge is -2.33. The van der Waals surface area contributed by atoms with Gasteiger partial charge in [0.1, 0.15) is 0 Å². The summed E-state index contributed by atoms with van der Waals surface area (Å²) in [6.07, 6.45) is 9.25. The van der Waals surface area contributed by atoms with Crippen molar-refractivity contribution >= 4 is 5.91 Å². The van der Waals surface area contributed by atoms with E-state index in [0.717, 1.165) is 57.8 Å². The van der Waals surface area contributed by atoms with Gasteiger partial charge >= 0.3 is 0 Å². The molecule has 0 aromatic heterocycles. The Kier molecular flexibility index (Phi) is 6.49. The number of nitrogens with zero attached hydrogens (tertiary/aromatic N) is 1. The fourth-order valence-electron chi connectivity index (χ4n) is 3.90. The smallest absolute Gasteiger partial charge is 0.240 e. The first-order valence-electron chi connectivity index (χ1n) is 8.95. The zero-order chi connectivity index (χ0) is 15.1. The van der Waals surface area contributed by atoms with Gasteiger partial charge < -0.3 is 15.5 Å². The number of carbonyl (C=O) groups excluding carboxylic acids is 1. The molecule has 122 valence electrons. The fourth-order valence-corrected chi connectivity index (χ4v) is 3.90. The highest BCUT2D eigenvalue weighted by Crippen LogP contribution is 2.24. The summed E-state index contributed by atoms with van der Waals surface area (Å²) in [5.74, 6) is 0.230. The van der Waals surface area contributed by atoms with Crippen LogP contribution in [0.1, 0.15) is 65.2 Å². The van der Waals surface area contributed by atoms with E-state index in [-0.39, 0.29) is 11.4 Å². The van der Waals surface area contributed by atoms with Gasteiger partial charge in [-0.25, -0.2) is 0 Å². The van der Waals surface area contributed by atoms with Crippen molar-refractivity contribution in [2.24, 2.45) is 0 Å². The van der Waals surface area contributed by atoms with Crippen molar-refractivity contribution in [2.75, 3.05) is 26.2 Å². The molecule has 2 unspecified atom stereocenters. The summed E-state index contributed by atoms with van der Waals surface area (Å²) >= 11 is 0. The molecule has 2 saturated heterocycles. The van der Waals surface area contributed by atoms with E-state index in [1.54, 1.807) is 0 Å². The molecule has 4 nitrogen and oxygen atoms in total. The second kappa shape index (κ2) is 8.14. The minimum Gasteiger partial charge on any atom is -0.354 e. The molecule has 2 atom stereocenters. The summed E-state index contributed by atoms with van der Waals surface area (Å²) in [4.78, 5) is 15.1. The third kappa shape index (κ3) is 4.43. The number of amides is 1. The minimum atomic E-state index is -0.271. The SMILES string of the molecule is CCCC1(C(=O)NCCCN2CCCCC2C)CCCN1. The van der Waals surface area contributed by atoms with Crippen LogP contribution in [-0.4, -0.2) is 48.6 Å². The van der Waals surface area contributed by atoms with Crippen LogP contribution < -0.4 is 10.6 Å². The highest BCUT2D eigenvalue weighted by molar-refractivity contribution is 5.86. The van der Waals surface area contributed by atoms with Crippen LogP contribution in [0.3, 0.4) is 0 Å². The first kappa shape index (κ1) is 16.8. The van der Waals surface area contributed by atoms with Gasteiger partial charge in [-0.3, -0.25) is 4.79 Å². The quantitative estimate of drug-likeness (QED) is 0.708. The Hall–Kier alpha value is -0.610. The maximum absolute atomic E-state index is 12.5. The number of likely N-dealkylation sites (tertiary alicyclic amines) is 1. The largest absolute Gasteiger partial charge is 0.354 e. The molecule has 0 aromatic rings. The Morgan fingerprint density at radius 2 is 2.24 bits per heavy atom. The van der Waals surface area contributed by atoms with E-state index >= 15 is 0 Å². The van der Waals surface area contributed by atoms with Crippen molar-refractivity contribution in [3.8, 4) is 0 Å². The molecule has 0 bridgehead atoms. The van der Waals surface area contributed by atoms with Gasteiger partial charge in [0.25, 0.3) is 0 Å². The predicted molar refractivity (Wildman–Crippen MR) is 87.4 cm³/mol. The molecule has 0 aliphatic carbocycles. The molecular weight excluding hydrogens is 262 g/mol. The Morgan fingerprint density at radius 3 is 2.90 bits per heavy atom. The Balaban J connectivity index is 1.68. The van der Waals surface area contributed by atoms with Crippen LogP contribution in [0.25, 0.3) is 0 Å². The van der Waals surface area contributed by atoms with Gasteiger partial charge in [-0.1, -0.05) is 19.8 Å². The normalized spacial score (nSPS) is 30.5. The topological polar surface area (TPSA) is 44.4 Å². The monoisotopic (exact) mass is 295 g/mol. The lowest BCUT2D eigenvalue weighted by atomic mass is 9.91. The molecular formula is C17H33N3O. The van der Waals surface area contributed by atoms with E-state index in [1.807, 2.05) is 0 Å². The fraction of sp³-hybridized carbons (Fsp3) is 0.941. The van der Waals surface area contributed by atoms with Gasteiger partial charge in [-0.15, -0.1) is 0 Å². The summed E-state index contributed by atoms with van der Waals surface area (Å²) in [5.41, 5.74) is -0.271. The maximum atomic E-state index is 12.5. The Labute approximate surface area is 130 Å². The molecule has 2 rings (SSSR count). The molecule has 2 aliphatic rings. The molecule has 0 saturated carbocycles. The van der Waals surface area contributed by atoms with E-state index in [2.05, 4.69) is 29.4 Å². The van der Waals surface area contributed by atoms with Crippen LogP contribution in [0.5, 0.6) is 0 Å². The van der Waals surface area contributed by atoms with Crippen LogP contribution in [0.4, 0.5) is 0 Å². The third-order valence-corrected chi connectivity index (χ3v) is 5.20. The van der Waals surface area contributed by atoms with E-state index in [9.17, 15) is 4.79 Å². The van der Waals surface area contributed by atoms with Gasteiger partial charge in [-0.05, 0) is 58.5 Å². The third-order valence-electron chi connectivity index (χ3n) is 5.20. The molecule has 0 spiro atoms. The lowest BCUT2D eigenvalue weighted by Crippen LogP contribution is -2.53. The zero-order valence-electron chi connectivity index (χ0n) is 13.9. The average molecular weight is 295 g/mol. The van der Waals surface area contributed by atoms with Crippen molar-refractivity contribution in [2.45, 2.75) is 76.8 Å². The summed E-state index contributed by atoms with van der Waals surface area (Å²) in [6, 6.07) is 0.720. The van der Waals surface area contributed by atoms with Crippen LogP contribution in [0.15, 0.2) is 0 Å². The second-order valence-electron chi connectivity index (χ2n) is 6.85. The summed E-state index contributed by atoms with van der Waals surface area (Å²) in [6.45, 7) is 8.64. The van der Waals surface area contributed by atoms with Gasteiger partial charge in [0.15, 0.2) is 0 Å². The van der Waals surface area contributed by atoms with E-state index < -0.39 is 0 Å².